The number of ether oxygens (including phenoxy) is 1. The van der Waals surface area contributed by atoms with Crippen LogP contribution in [-0.4, -0.2) is 10.9 Å². The van der Waals surface area contributed by atoms with Gasteiger partial charge in [-0.3, -0.25) is 9.59 Å². The SMILES string of the molecule is C=CCn1cc(OC(c2ccccc2)c2ccccc2)c(=O)cc1C=O. The molecule has 0 spiro atoms. The number of allylic oxidation sites excluding steroid dienone is 1. The van der Waals surface area contributed by atoms with E-state index in [0.717, 1.165) is 11.1 Å². The molecule has 0 saturated carbocycles. The van der Waals surface area contributed by atoms with Crippen molar-refractivity contribution in [2.45, 2.75) is 12.6 Å². The highest BCUT2D eigenvalue weighted by Crippen LogP contribution is 2.27. The monoisotopic (exact) mass is 345 g/mol. The van der Waals surface area contributed by atoms with E-state index in [2.05, 4.69) is 6.58 Å². The van der Waals surface area contributed by atoms with Crippen LogP contribution in [0, 0.1) is 0 Å². The lowest BCUT2D eigenvalue weighted by molar-refractivity contribution is 0.111. The molecule has 0 N–H and O–H groups in total. The summed E-state index contributed by atoms with van der Waals surface area (Å²) in [6.07, 6.45) is 3.45. The van der Waals surface area contributed by atoms with Gasteiger partial charge in [-0.25, -0.2) is 0 Å². The van der Waals surface area contributed by atoms with Gasteiger partial charge in [0.15, 0.2) is 12.0 Å². The molecule has 0 aliphatic carbocycles. The first kappa shape index (κ1) is 17.4. The Morgan fingerprint density at radius 2 is 1.58 bits per heavy atom. The Kier molecular flexibility index (Phi) is 5.44. The highest BCUT2D eigenvalue weighted by atomic mass is 16.5. The maximum Gasteiger partial charge on any atom is 0.224 e. The predicted octanol–water partition coefficient (Wildman–Crippen LogP) is 4.02. The minimum Gasteiger partial charge on any atom is -0.475 e. The van der Waals surface area contributed by atoms with Crippen LogP contribution in [0.3, 0.4) is 0 Å². The Bertz CT molecular complexity index is 907. The Morgan fingerprint density at radius 1 is 1.00 bits per heavy atom. The zero-order valence-corrected chi connectivity index (χ0v) is 14.2. The second-order valence-electron chi connectivity index (χ2n) is 5.80. The van der Waals surface area contributed by atoms with Gasteiger partial charge in [-0.05, 0) is 11.1 Å². The van der Waals surface area contributed by atoms with Gasteiger partial charge in [-0.1, -0.05) is 66.7 Å². The van der Waals surface area contributed by atoms with Crippen molar-refractivity contribution in [3.05, 3.63) is 113 Å². The summed E-state index contributed by atoms with van der Waals surface area (Å²) in [5.41, 5.74) is 1.84. The molecule has 0 atom stereocenters. The number of pyridine rings is 1. The van der Waals surface area contributed by atoms with Gasteiger partial charge < -0.3 is 9.30 Å². The summed E-state index contributed by atoms with van der Waals surface area (Å²) in [7, 11) is 0. The standard InChI is InChI=1S/C22H19NO3/c1-2-13-23-15-21(20(25)14-19(23)16-24)26-22(17-9-5-3-6-10-17)18-11-7-4-8-12-18/h2-12,14-16,22H,1,13H2. The second kappa shape index (κ2) is 8.12. The smallest absolute Gasteiger partial charge is 0.224 e. The van der Waals surface area contributed by atoms with Gasteiger partial charge in [-0.2, -0.15) is 0 Å². The average Bonchev–Trinajstić information content (AvgIpc) is 2.69. The van der Waals surface area contributed by atoms with Crippen LogP contribution in [0.4, 0.5) is 0 Å². The largest absolute Gasteiger partial charge is 0.475 e. The van der Waals surface area contributed by atoms with Crippen LogP contribution in [0.1, 0.15) is 27.7 Å². The topological polar surface area (TPSA) is 48.3 Å². The summed E-state index contributed by atoms with van der Waals surface area (Å²) in [5.74, 6) is 0.190. The van der Waals surface area contributed by atoms with E-state index in [4.69, 9.17) is 4.74 Å². The van der Waals surface area contributed by atoms with Crippen molar-refractivity contribution >= 4 is 6.29 Å². The number of hydrogen-bond donors (Lipinski definition) is 0. The molecule has 4 nitrogen and oxygen atoms in total. The minimum absolute atomic E-state index is 0.190. The van der Waals surface area contributed by atoms with Gasteiger partial charge in [0.2, 0.25) is 5.43 Å². The fourth-order valence-electron chi connectivity index (χ4n) is 2.77. The molecule has 0 amide bonds. The molecule has 26 heavy (non-hydrogen) atoms. The van der Waals surface area contributed by atoms with Crippen LogP contribution < -0.4 is 10.2 Å². The summed E-state index contributed by atoms with van der Waals surface area (Å²) in [5, 5.41) is 0. The van der Waals surface area contributed by atoms with Crippen LogP contribution in [-0.2, 0) is 6.54 Å². The molecule has 0 saturated heterocycles. The first-order chi connectivity index (χ1) is 12.7. The Balaban J connectivity index is 2.05. The van der Waals surface area contributed by atoms with Gasteiger partial charge in [0.25, 0.3) is 0 Å². The first-order valence-corrected chi connectivity index (χ1v) is 8.30. The van der Waals surface area contributed by atoms with Crippen molar-refractivity contribution in [2.24, 2.45) is 0 Å². The van der Waals surface area contributed by atoms with E-state index in [1.165, 1.54) is 6.07 Å². The lowest BCUT2D eigenvalue weighted by Gasteiger charge is -2.20. The van der Waals surface area contributed by atoms with Gasteiger partial charge in [0, 0.05) is 12.6 Å². The number of rotatable bonds is 7. The lowest BCUT2D eigenvalue weighted by Crippen LogP contribution is -2.18. The number of hydrogen-bond acceptors (Lipinski definition) is 3. The molecule has 0 bridgehead atoms. The van der Waals surface area contributed by atoms with E-state index >= 15 is 0 Å². The zero-order chi connectivity index (χ0) is 18.4. The van der Waals surface area contributed by atoms with Crippen molar-refractivity contribution in [1.82, 2.24) is 4.57 Å². The number of aldehydes is 1. The van der Waals surface area contributed by atoms with E-state index in [9.17, 15) is 9.59 Å². The van der Waals surface area contributed by atoms with Crippen molar-refractivity contribution in [1.29, 1.82) is 0 Å². The third kappa shape index (κ3) is 3.81. The van der Waals surface area contributed by atoms with Gasteiger partial charge in [0.05, 0.1) is 11.9 Å². The summed E-state index contributed by atoms with van der Waals surface area (Å²) < 4.78 is 7.76. The molecule has 1 aromatic heterocycles. The number of carbonyl (C=O) groups excluding carboxylic acids is 1. The summed E-state index contributed by atoms with van der Waals surface area (Å²) >= 11 is 0. The van der Waals surface area contributed by atoms with Crippen LogP contribution in [0.15, 0.2) is 90.4 Å². The molecule has 0 fully saturated rings. The molecule has 3 rings (SSSR count). The molecule has 130 valence electrons. The first-order valence-electron chi connectivity index (χ1n) is 8.30. The summed E-state index contributed by atoms with van der Waals surface area (Å²) in [6.45, 7) is 4.09. The van der Waals surface area contributed by atoms with Gasteiger partial charge in [0.1, 0.15) is 6.10 Å². The third-order valence-corrected chi connectivity index (χ3v) is 4.02. The molecular formula is C22H19NO3. The highest BCUT2D eigenvalue weighted by molar-refractivity contribution is 5.72. The van der Waals surface area contributed by atoms with Crippen molar-refractivity contribution in [3.8, 4) is 5.75 Å². The van der Waals surface area contributed by atoms with Crippen molar-refractivity contribution < 1.29 is 9.53 Å². The molecule has 0 radical (unpaired) electrons. The maximum absolute atomic E-state index is 12.4. The number of nitrogens with zero attached hydrogens (tertiary/aromatic N) is 1. The predicted molar refractivity (Wildman–Crippen MR) is 102 cm³/mol. The van der Waals surface area contributed by atoms with E-state index in [1.54, 1.807) is 16.8 Å². The quantitative estimate of drug-likeness (QED) is 0.480. The molecule has 0 aliphatic rings. The zero-order valence-electron chi connectivity index (χ0n) is 14.2. The van der Waals surface area contributed by atoms with Crippen molar-refractivity contribution in [2.75, 3.05) is 0 Å². The van der Waals surface area contributed by atoms with Crippen LogP contribution in [0.2, 0.25) is 0 Å². The maximum atomic E-state index is 12.4. The second-order valence-corrected chi connectivity index (χ2v) is 5.80. The normalized spacial score (nSPS) is 10.5. The number of carbonyl (C=O) groups is 1. The summed E-state index contributed by atoms with van der Waals surface area (Å²) in [4.78, 5) is 23.6. The Hall–Kier alpha value is -3.40. The van der Waals surface area contributed by atoms with Crippen LogP contribution >= 0.6 is 0 Å². The van der Waals surface area contributed by atoms with Crippen molar-refractivity contribution in [3.63, 3.8) is 0 Å². The summed E-state index contributed by atoms with van der Waals surface area (Å²) in [6, 6.07) is 20.7. The third-order valence-electron chi connectivity index (χ3n) is 4.02. The molecule has 0 unspecified atom stereocenters. The molecule has 0 aliphatic heterocycles. The minimum atomic E-state index is -0.427. The van der Waals surface area contributed by atoms with Crippen LogP contribution in [0.25, 0.3) is 0 Å². The Labute approximate surface area is 152 Å². The highest BCUT2D eigenvalue weighted by Gasteiger charge is 2.18. The van der Waals surface area contributed by atoms with Crippen LogP contribution in [0.5, 0.6) is 5.75 Å². The molecule has 4 heteroatoms. The van der Waals surface area contributed by atoms with E-state index < -0.39 is 6.10 Å². The molecule has 1 heterocycles. The average molecular weight is 345 g/mol. The Morgan fingerprint density at radius 3 is 2.08 bits per heavy atom. The lowest BCUT2D eigenvalue weighted by atomic mass is 10.0. The molecule has 3 aromatic rings. The fourth-order valence-corrected chi connectivity index (χ4v) is 2.77. The van der Waals surface area contributed by atoms with E-state index in [0.29, 0.717) is 18.5 Å². The number of aromatic nitrogens is 1. The van der Waals surface area contributed by atoms with E-state index in [1.807, 2.05) is 60.7 Å². The van der Waals surface area contributed by atoms with Gasteiger partial charge in [-0.15, -0.1) is 6.58 Å². The van der Waals surface area contributed by atoms with E-state index in [-0.39, 0.29) is 11.2 Å². The molecular weight excluding hydrogens is 326 g/mol. The van der Waals surface area contributed by atoms with Gasteiger partial charge >= 0.3 is 0 Å². The molecule has 2 aromatic carbocycles. The fraction of sp³-hybridized carbons (Fsp3) is 0.0909. The number of benzene rings is 2.